The van der Waals surface area contributed by atoms with Gasteiger partial charge in [0.05, 0.1) is 0 Å². The van der Waals surface area contributed by atoms with Crippen LogP contribution in [0.5, 0.6) is 0 Å². The van der Waals surface area contributed by atoms with Crippen LogP contribution in [0, 0.1) is 5.82 Å². The topological polar surface area (TPSA) is 77.3 Å². The van der Waals surface area contributed by atoms with E-state index >= 15 is 0 Å². The maximum absolute atomic E-state index is 12.9. The number of carbonyl (C=O) groups excluding carboxylic acids is 1. The third kappa shape index (κ3) is 3.48. The van der Waals surface area contributed by atoms with Gasteiger partial charge in [0.2, 0.25) is 17.7 Å². The number of carbonyl (C=O) groups is 1. The molecule has 3 rings (SSSR count). The molecule has 1 aromatic carbocycles. The number of benzene rings is 1. The first kappa shape index (κ1) is 14.6. The molecule has 1 aliphatic rings. The summed E-state index contributed by atoms with van der Waals surface area (Å²) in [5, 5.41) is 10.6. The molecule has 0 radical (unpaired) electrons. The lowest BCUT2D eigenvalue weighted by Crippen LogP contribution is -2.35. The first-order valence-corrected chi connectivity index (χ1v) is 7.20. The maximum Gasteiger partial charge on any atom is 0.249 e. The van der Waals surface area contributed by atoms with Crippen LogP contribution in [-0.4, -0.2) is 35.4 Å². The third-order valence-electron chi connectivity index (χ3n) is 3.42. The normalized spacial score (nSPS) is 17.6. The molecule has 7 heteroatoms. The second-order valence-electron chi connectivity index (χ2n) is 5.05. The van der Waals surface area contributed by atoms with Crippen LogP contribution in [0.3, 0.4) is 0 Å². The molecular weight excluding hydrogens is 289 g/mol. The summed E-state index contributed by atoms with van der Waals surface area (Å²) in [4.78, 5) is 11.8. The minimum atomic E-state index is -0.336. The molecule has 1 amide bonds. The van der Waals surface area contributed by atoms with E-state index in [-0.39, 0.29) is 17.8 Å². The number of amides is 1. The van der Waals surface area contributed by atoms with Gasteiger partial charge in [0.1, 0.15) is 11.9 Å². The van der Waals surface area contributed by atoms with Crippen molar-refractivity contribution in [3.8, 4) is 11.5 Å². The van der Waals surface area contributed by atoms with E-state index in [1.165, 1.54) is 12.1 Å². The molecule has 1 saturated heterocycles. The zero-order valence-corrected chi connectivity index (χ0v) is 11.9. The van der Waals surface area contributed by atoms with Crippen molar-refractivity contribution in [2.45, 2.75) is 25.4 Å². The molecule has 1 unspecified atom stereocenters. The average molecular weight is 305 g/mol. The molecule has 0 aliphatic carbocycles. The van der Waals surface area contributed by atoms with E-state index in [2.05, 4.69) is 15.5 Å². The van der Waals surface area contributed by atoms with Gasteiger partial charge < -0.3 is 14.5 Å². The lowest BCUT2D eigenvalue weighted by molar-refractivity contribution is -0.130. The molecule has 6 nitrogen and oxygen atoms in total. The van der Waals surface area contributed by atoms with Crippen molar-refractivity contribution in [2.24, 2.45) is 0 Å². The molecule has 1 aromatic heterocycles. The number of nitrogens with one attached hydrogen (secondary N) is 1. The number of halogens is 1. The number of hydrogen-bond donors (Lipinski definition) is 1. The Morgan fingerprint density at radius 3 is 2.86 bits per heavy atom. The standard InChI is InChI=1S/C15H16FN3O3/c16-11-5-3-10(4-6-11)15-19-18-13(22-15)7-8-17-14(20)12-2-1-9-21-12/h3-6,12H,1-2,7-9H2,(H,17,20). The van der Waals surface area contributed by atoms with E-state index in [1.807, 2.05) is 0 Å². The molecule has 22 heavy (non-hydrogen) atoms. The number of ether oxygens (including phenoxy) is 1. The van der Waals surface area contributed by atoms with Gasteiger partial charge in [0.25, 0.3) is 0 Å². The zero-order valence-electron chi connectivity index (χ0n) is 11.9. The summed E-state index contributed by atoms with van der Waals surface area (Å²) in [6, 6.07) is 5.82. The van der Waals surface area contributed by atoms with Crippen LogP contribution < -0.4 is 5.32 Å². The van der Waals surface area contributed by atoms with Crippen molar-refractivity contribution >= 4 is 5.91 Å². The van der Waals surface area contributed by atoms with Gasteiger partial charge in [0.15, 0.2) is 0 Å². The largest absolute Gasteiger partial charge is 0.421 e. The number of hydrogen-bond acceptors (Lipinski definition) is 5. The summed E-state index contributed by atoms with van der Waals surface area (Å²) in [5.74, 6) is 0.337. The Bertz CT molecular complexity index is 636. The van der Waals surface area contributed by atoms with Crippen LogP contribution in [0.15, 0.2) is 28.7 Å². The molecule has 0 saturated carbocycles. The summed E-state index contributed by atoms with van der Waals surface area (Å²) >= 11 is 0. The van der Waals surface area contributed by atoms with Gasteiger partial charge in [-0.15, -0.1) is 10.2 Å². The van der Waals surface area contributed by atoms with Crippen molar-refractivity contribution in [1.82, 2.24) is 15.5 Å². The molecule has 0 bridgehead atoms. The van der Waals surface area contributed by atoms with E-state index in [0.717, 1.165) is 12.8 Å². The fourth-order valence-corrected chi connectivity index (χ4v) is 2.25. The molecule has 116 valence electrons. The first-order chi connectivity index (χ1) is 10.7. The van der Waals surface area contributed by atoms with Crippen LogP contribution >= 0.6 is 0 Å². The van der Waals surface area contributed by atoms with Gasteiger partial charge in [-0.2, -0.15) is 0 Å². The maximum atomic E-state index is 12.9. The van der Waals surface area contributed by atoms with Crippen LogP contribution in [0.2, 0.25) is 0 Å². The predicted molar refractivity (Wildman–Crippen MR) is 75.4 cm³/mol. The van der Waals surface area contributed by atoms with Crippen molar-refractivity contribution < 1.29 is 18.3 Å². The third-order valence-corrected chi connectivity index (χ3v) is 3.42. The zero-order chi connectivity index (χ0) is 15.4. The molecule has 1 fully saturated rings. The minimum Gasteiger partial charge on any atom is -0.421 e. The fourth-order valence-electron chi connectivity index (χ4n) is 2.25. The molecule has 1 atom stereocenters. The van der Waals surface area contributed by atoms with Crippen molar-refractivity contribution in [3.63, 3.8) is 0 Å². The monoisotopic (exact) mass is 305 g/mol. The van der Waals surface area contributed by atoms with Crippen LogP contribution in [-0.2, 0) is 16.0 Å². The molecule has 2 aromatic rings. The van der Waals surface area contributed by atoms with Gasteiger partial charge in [0, 0.05) is 25.1 Å². The summed E-state index contributed by atoms with van der Waals surface area (Å²) < 4.78 is 23.6. The fraction of sp³-hybridized carbons (Fsp3) is 0.400. The quantitative estimate of drug-likeness (QED) is 0.910. The Morgan fingerprint density at radius 1 is 1.32 bits per heavy atom. The van der Waals surface area contributed by atoms with E-state index < -0.39 is 0 Å². The smallest absolute Gasteiger partial charge is 0.249 e. The van der Waals surface area contributed by atoms with Gasteiger partial charge in [-0.25, -0.2) is 4.39 Å². The Morgan fingerprint density at radius 2 is 2.14 bits per heavy atom. The second-order valence-corrected chi connectivity index (χ2v) is 5.05. The summed E-state index contributed by atoms with van der Waals surface area (Å²) in [6.07, 6.45) is 1.79. The Labute approximate surface area is 126 Å². The van der Waals surface area contributed by atoms with E-state index in [9.17, 15) is 9.18 Å². The summed E-state index contributed by atoms with van der Waals surface area (Å²) in [5.41, 5.74) is 0.656. The average Bonchev–Trinajstić information content (AvgIpc) is 3.19. The molecule has 1 aliphatic heterocycles. The Hall–Kier alpha value is -2.28. The highest BCUT2D eigenvalue weighted by molar-refractivity contribution is 5.80. The first-order valence-electron chi connectivity index (χ1n) is 7.20. The van der Waals surface area contributed by atoms with E-state index in [0.29, 0.717) is 36.9 Å². The van der Waals surface area contributed by atoms with Crippen molar-refractivity contribution in [2.75, 3.05) is 13.2 Å². The highest BCUT2D eigenvalue weighted by Crippen LogP contribution is 2.18. The molecule has 1 N–H and O–H groups in total. The van der Waals surface area contributed by atoms with Gasteiger partial charge >= 0.3 is 0 Å². The highest BCUT2D eigenvalue weighted by Gasteiger charge is 2.23. The van der Waals surface area contributed by atoms with Gasteiger partial charge in [-0.3, -0.25) is 4.79 Å². The van der Waals surface area contributed by atoms with Gasteiger partial charge in [-0.1, -0.05) is 0 Å². The van der Waals surface area contributed by atoms with Crippen LogP contribution in [0.4, 0.5) is 4.39 Å². The van der Waals surface area contributed by atoms with Crippen LogP contribution in [0.25, 0.3) is 11.5 Å². The molecule has 0 spiro atoms. The summed E-state index contributed by atoms with van der Waals surface area (Å²) in [7, 11) is 0. The Kier molecular flexibility index (Phi) is 4.43. The molecular formula is C15H16FN3O3. The summed E-state index contributed by atoms with van der Waals surface area (Å²) in [6.45, 7) is 1.05. The van der Waals surface area contributed by atoms with E-state index in [1.54, 1.807) is 12.1 Å². The second kappa shape index (κ2) is 6.65. The van der Waals surface area contributed by atoms with Crippen molar-refractivity contribution in [1.29, 1.82) is 0 Å². The lowest BCUT2D eigenvalue weighted by atomic mass is 10.2. The SMILES string of the molecule is O=C(NCCc1nnc(-c2ccc(F)cc2)o1)C1CCCO1. The predicted octanol–water partition coefficient (Wildman–Crippen LogP) is 1.71. The number of rotatable bonds is 5. The minimum absolute atomic E-state index is 0.101. The highest BCUT2D eigenvalue weighted by atomic mass is 19.1. The number of nitrogens with zero attached hydrogens (tertiary/aromatic N) is 2. The van der Waals surface area contributed by atoms with Crippen LogP contribution in [0.1, 0.15) is 18.7 Å². The Balaban J connectivity index is 1.51. The van der Waals surface area contributed by atoms with Gasteiger partial charge in [-0.05, 0) is 37.1 Å². The number of aromatic nitrogens is 2. The van der Waals surface area contributed by atoms with E-state index in [4.69, 9.17) is 9.15 Å². The molecule has 2 heterocycles. The lowest BCUT2D eigenvalue weighted by Gasteiger charge is -2.08. The van der Waals surface area contributed by atoms with Crippen molar-refractivity contribution in [3.05, 3.63) is 36.0 Å².